The molecule has 8 heteroatoms. The van der Waals surface area contributed by atoms with Gasteiger partial charge in [-0.2, -0.15) is 16.1 Å². The molecule has 1 aromatic rings. The van der Waals surface area contributed by atoms with Crippen LogP contribution in [0, 0.1) is 0 Å². The van der Waals surface area contributed by atoms with Gasteiger partial charge in [-0.3, -0.25) is 0 Å². The van der Waals surface area contributed by atoms with Gasteiger partial charge in [-0.05, 0) is 25.1 Å². The Labute approximate surface area is 122 Å². The number of hydrogen-bond acceptors (Lipinski definition) is 5. The average molecular weight is 316 g/mol. The van der Waals surface area contributed by atoms with Crippen LogP contribution in [0.4, 0.5) is 5.69 Å². The third kappa shape index (κ3) is 2.77. The Morgan fingerprint density at radius 2 is 2.20 bits per heavy atom. The summed E-state index contributed by atoms with van der Waals surface area (Å²) in [4.78, 5) is 11.0. The molecular weight excluding hydrogens is 300 g/mol. The van der Waals surface area contributed by atoms with Crippen molar-refractivity contribution in [1.82, 2.24) is 4.31 Å². The van der Waals surface area contributed by atoms with E-state index in [0.717, 1.165) is 0 Å². The summed E-state index contributed by atoms with van der Waals surface area (Å²) >= 11 is 1.68. The Morgan fingerprint density at radius 3 is 2.80 bits per heavy atom. The number of rotatable bonds is 3. The quantitative estimate of drug-likeness (QED) is 0.810. The molecule has 0 aromatic heterocycles. The van der Waals surface area contributed by atoms with Crippen molar-refractivity contribution in [3.63, 3.8) is 0 Å². The van der Waals surface area contributed by atoms with E-state index < -0.39 is 16.0 Å². The molecular formula is C12H16N2O4S2. The zero-order valence-corrected chi connectivity index (χ0v) is 12.6. The van der Waals surface area contributed by atoms with Gasteiger partial charge in [0.1, 0.15) is 0 Å². The number of aromatic carboxylic acids is 1. The van der Waals surface area contributed by atoms with Crippen molar-refractivity contribution in [2.24, 2.45) is 0 Å². The van der Waals surface area contributed by atoms with Crippen LogP contribution in [0.1, 0.15) is 17.3 Å². The fourth-order valence-electron chi connectivity index (χ4n) is 2.12. The summed E-state index contributed by atoms with van der Waals surface area (Å²) < 4.78 is 26.7. The molecule has 1 aliphatic heterocycles. The maximum absolute atomic E-state index is 12.7. The maximum atomic E-state index is 12.7. The van der Waals surface area contributed by atoms with Crippen molar-refractivity contribution in [2.45, 2.75) is 17.9 Å². The Balaban J connectivity index is 2.53. The predicted molar refractivity (Wildman–Crippen MR) is 78.5 cm³/mol. The first-order valence-electron chi connectivity index (χ1n) is 6.06. The van der Waals surface area contributed by atoms with E-state index in [4.69, 9.17) is 10.8 Å². The first-order valence-corrected chi connectivity index (χ1v) is 8.66. The molecule has 6 nitrogen and oxygen atoms in total. The number of nitrogens with zero attached hydrogens (tertiary/aromatic N) is 1. The molecule has 1 aliphatic rings. The van der Waals surface area contributed by atoms with E-state index in [9.17, 15) is 13.2 Å². The van der Waals surface area contributed by atoms with E-state index >= 15 is 0 Å². The van der Waals surface area contributed by atoms with Crippen LogP contribution in [-0.2, 0) is 10.0 Å². The predicted octanol–water partition coefficient (Wildman–Crippen LogP) is 1.09. The van der Waals surface area contributed by atoms with Gasteiger partial charge in [0.05, 0.1) is 10.5 Å². The number of benzene rings is 1. The highest BCUT2D eigenvalue weighted by Gasteiger charge is 2.34. The van der Waals surface area contributed by atoms with Crippen LogP contribution in [-0.4, -0.2) is 47.9 Å². The molecule has 20 heavy (non-hydrogen) atoms. The van der Waals surface area contributed by atoms with Gasteiger partial charge < -0.3 is 10.8 Å². The number of nitrogen functional groups attached to an aromatic ring is 1. The second kappa shape index (κ2) is 5.63. The molecule has 0 amide bonds. The number of nitrogens with two attached hydrogens (primary N) is 1. The second-order valence-electron chi connectivity index (χ2n) is 4.60. The smallest absolute Gasteiger partial charge is 0.337 e. The first kappa shape index (κ1) is 15.1. The van der Waals surface area contributed by atoms with E-state index in [1.807, 2.05) is 6.92 Å². The van der Waals surface area contributed by atoms with E-state index in [-0.39, 0.29) is 22.2 Å². The van der Waals surface area contributed by atoms with Gasteiger partial charge in [0, 0.05) is 29.8 Å². The zero-order valence-electron chi connectivity index (χ0n) is 10.9. The molecule has 1 saturated heterocycles. The number of carboxylic acids is 1. The lowest BCUT2D eigenvalue weighted by Gasteiger charge is -2.32. The molecule has 0 bridgehead atoms. The molecule has 110 valence electrons. The van der Waals surface area contributed by atoms with Crippen molar-refractivity contribution in [2.75, 3.05) is 23.8 Å². The average Bonchev–Trinajstić information content (AvgIpc) is 2.38. The van der Waals surface area contributed by atoms with Crippen LogP contribution in [0.2, 0.25) is 0 Å². The SMILES string of the molecule is CC1CSCCN1S(=O)(=O)c1cc(N)ccc1C(=O)O. The number of sulfonamides is 1. The summed E-state index contributed by atoms with van der Waals surface area (Å²) in [5.41, 5.74) is 5.59. The molecule has 2 rings (SSSR count). The summed E-state index contributed by atoms with van der Waals surface area (Å²) in [5, 5.41) is 9.16. The third-order valence-electron chi connectivity index (χ3n) is 3.13. The zero-order chi connectivity index (χ0) is 14.9. The van der Waals surface area contributed by atoms with Crippen LogP contribution >= 0.6 is 11.8 Å². The summed E-state index contributed by atoms with van der Waals surface area (Å²) in [7, 11) is -3.85. The Morgan fingerprint density at radius 1 is 1.50 bits per heavy atom. The van der Waals surface area contributed by atoms with Gasteiger partial charge in [0.2, 0.25) is 10.0 Å². The molecule has 0 spiro atoms. The van der Waals surface area contributed by atoms with Crippen LogP contribution in [0.15, 0.2) is 23.1 Å². The minimum atomic E-state index is -3.85. The Bertz CT molecular complexity index is 630. The largest absolute Gasteiger partial charge is 0.478 e. The highest BCUT2D eigenvalue weighted by molar-refractivity contribution is 7.99. The lowest BCUT2D eigenvalue weighted by atomic mass is 10.2. The molecule has 1 atom stereocenters. The molecule has 0 saturated carbocycles. The standard InChI is InChI=1S/C12H16N2O4S2/c1-8-7-19-5-4-14(8)20(17,18)11-6-9(13)2-3-10(11)12(15)16/h2-3,6,8H,4-5,7,13H2,1H3,(H,15,16). The first-order chi connectivity index (χ1) is 9.34. The second-order valence-corrected chi connectivity index (χ2v) is 7.61. The van der Waals surface area contributed by atoms with Gasteiger partial charge in [-0.25, -0.2) is 13.2 Å². The number of hydrogen-bond donors (Lipinski definition) is 2. The lowest BCUT2D eigenvalue weighted by Crippen LogP contribution is -2.44. The van der Waals surface area contributed by atoms with E-state index in [2.05, 4.69) is 0 Å². The number of carboxylic acid groups (broad SMARTS) is 1. The van der Waals surface area contributed by atoms with Gasteiger partial charge in [0.25, 0.3) is 0 Å². The highest BCUT2D eigenvalue weighted by atomic mass is 32.2. The number of carbonyl (C=O) groups is 1. The van der Waals surface area contributed by atoms with Crippen molar-refractivity contribution in [3.05, 3.63) is 23.8 Å². The highest BCUT2D eigenvalue weighted by Crippen LogP contribution is 2.27. The summed E-state index contributed by atoms with van der Waals surface area (Å²) in [6.45, 7) is 2.19. The lowest BCUT2D eigenvalue weighted by molar-refractivity contribution is 0.0692. The minimum Gasteiger partial charge on any atom is -0.478 e. The van der Waals surface area contributed by atoms with E-state index in [1.165, 1.54) is 22.5 Å². The summed E-state index contributed by atoms with van der Waals surface area (Å²) in [6, 6.07) is 3.67. The van der Waals surface area contributed by atoms with Gasteiger partial charge in [-0.1, -0.05) is 0 Å². The fourth-order valence-corrected chi connectivity index (χ4v) is 5.20. The molecule has 1 unspecified atom stereocenters. The molecule has 0 aliphatic carbocycles. The van der Waals surface area contributed by atoms with E-state index in [1.54, 1.807) is 11.8 Å². The van der Waals surface area contributed by atoms with Crippen LogP contribution in [0.3, 0.4) is 0 Å². The Hall–Kier alpha value is -1.25. The fraction of sp³-hybridized carbons (Fsp3) is 0.417. The van der Waals surface area contributed by atoms with Crippen molar-refractivity contribution >= 4 is 33.4 Å². The summed E-state index contributed by atoms with van der Waals surface area (Å²) in [6.07, 6.45) is 0. The Kier molecular flexibility index (Phi) is 4.26. The van der Waals surface area contributed by atoms with Gasteiger partial charge in [-0.15, -0.1) is 0 Å². The van der Waals surface area contributed by atoms with E-state index in [0.29, 0.717) is 18.1 Å². The maximum Gasteiger partial charge on any atom is 0.337 e. The van der Waals surface area contributed by atoms with Gasteiger partial charge >= 0.3 is 5.97 Å². The number of anilines is 1. The van der Waals surface area contributed by atoms with Crippen molar-refractivity contribution in [3.8, 4) is 0 Å². The summed E-state index contributed by atoms with van der Waals surface area (Å²) in [5.74, 6) is 0.126. The van der Waals surface area contributed by atoms with Crippen LogP contribution in [0.5, 0.6) is 0 Å². The van der Waals surface area contributed by atoms with Crippen molar-refractivity contribution in [1.29, 1.82) is 0 Å². The van der Waals surface area contributed by atoms with Crippen molar-refractivity contribution < 1.29 is 18.3 Å². The molecule has 3 N–H and O–H groups in total. The molecule has 1 fully saturated rings. The van der Waals surface area contributed by atoms with Crippen LogP contribution < -0.4 is 5.73 Å². The molecule has 1 heterocycles. The topological polar surface area (TPSA) is 101 Å². The monoisotopic (exact) mass is 316 g/mol. The minimum absolute atomic E-state index is 0.165. The third-order valence-corrected chi connectivity index (χ3v) is 6.37. The molecule has 0 radical (unpaired) electrons. The number of thioether (sulfide) groups is 1. The van der Waals surface area contributed by atoms with Crippen LogP contribution in [0.25, 0.3) is 0 Å². The van der Waals surface area contributed by atoms with Gasteiger partial charge in [0.15, 0.2) is 0 Å². The normalized spacial score (nSPS) is 20.8. The molecule has 1 aromatic carbocycles.